The summed E-state index contributed by atoms with van der Waals surface area (Å²) in [6, 6.07) is 8.13. The maximum absolute atomic E-state index is 12.5. The first-order valence-corrected chi connectivity index (χ1v) is 9.06. The van der Waals surface area contributed by atoms with Crippen molar-refractivity contribution in [3.63, 3.8) is 0 Å². The predicted octanol–water partition coefficient (Wildman–Crippen LogP) is 3.33. The van der Waals surface area contributed by atoms with E-state index >= 15 is 0 Å². The Morgan fingerprint density at radius 3 is 2.54 bits per heavy atom. The van der Waals surface area contributed by atoms with Gasteiger partial charge >= 0.3 is 0 Å². The normalized spacial score (nSPS) is 24.2. The Morgan fingerprint density at radius 1 is 1.19 bits per heavy atom. The number of carbonyl (C=O) groups excluding carboxylic acids is 1. The molecule has 1 aromatic carbocycles. The third kappa shape index (κ3) is 6.31. The van der Waals surface area contributed by atoms with Gasteiger partial charge in [0.1, 0.15) is 12.4 Å². The number of nitrogens with zero attached hydrogens (tertiary/aromatic N) is 1. The van der Waals surface area contributed by atoms with Crippen molar-refractivity contribution >= 4 is 36.4 Å². The molecule has 2 aliphatic rings. The van der Waals surface area contributed by atoms with Crippen LogP contribution in [-0.4, -0.2) is 50.1 Å². The minimum atomic E-state index is -0.0471. The van der Waals surface area contributed by atoms with Crippen LogP contribution < -0.4 is 15.4 Å². The van der Waals surface area contributed by atoms with Crippen LogP contribution >= 0.6 is 24.8 Å². The van der Waals surface area contributed by atoms with E-state index < -0.39 is 0 Å². The van der Waals surface area contributed by atoms with Crippen molar-refractivity contribution in [1.29, 1.82) is 0 Å². The quantitative estimate of drug-likeness (QED) is 0.764. The Labute approximate surface area is 169 Å². The zero-order valence-corrected chi connectivity index (χ0v) is 17.2. The van der Waals surface area contributed by atoms with Gasteiger partial charge in [-0.25, -0.2) is 0 Å². The molecule has 1 aliphatic carbocycles. The first kappa shape index (κ1) is 23.0. The van der Waals surface area contributed by atoms with Gasteiger partial charge < -0.3 is 20.3 Å². The van der Waals surface area contributed by atoms with Crippen LogP contribution in [0.4, 0.5) is 5.69 Å². The van der Waals surface area contributed by atoms with E-state index in [-0.39, 0.29) is 36.8 Å². The van der Waals surface area contributed by atoms with E-state index in [1.54, 1.807) is 0 Å². The van der Waals surface area contributed by atoms with Crippen LogP contribution in [0.25, 0.3) is 0 Å². The fourth-order valence-electron chi connectivity index (χ4n) is 3.73. The Hall–Kier alpha value is -1.01. The smallest absolute Gasteiger partial charge is 0.241 e. The molecule has 3 rings (SSSR count). The second-order valence-electron chi connectivity index (χ2n) is 7.27. The van der Waals surface area contributed by atoms with Crippen LogP contribution in [0.15, 0.2) is 24.3 Å². The van der Waals surface area contributed by atoms with Crippen LogP contribution in [0.2, 0.25) is 0 Å². The second kappa shape index (κ2) is 11.0. The number of hydrogen-bond donors (Lipinski definition) is 2. The van der Waals surface area contributed by atoms with Gasteiger partial charge in [0.25, 0.3) is 0 Å². The Kier molecular flexibility index (Phi) is 9.72. The average molecular weight is 404 g/mol. The molecule has 5 nitrogen and oxygen atoms in total. The summed E-state index contributed by atoms with van der Waals surface area (Å²) >= 11 is 0. The van der Waals surface area contributed by atoms with Gasteiger partial charge in [-0.05, 0) is 63.5 Å². The fourth-order valence-corrected chi connectivity index (χ4v) is 3.73. The third-order valence-electron chi connectivity index (χ3n) is 5.11. The standard InChI is InChI=1S/C19H29N3O2.2ClH/c1-22(2)11-12-24-16-9-7-15(8-10-16)20-19(23)18-13-14-5-3-4-6-17(14)21-18;;/h7-10,14,17-18,21H,3-6,11-13H2,1-2H3,(H,20,23);2*1H. The van der Waals surface area contributed by atoms with Gasteiger partial charge in [-0.2, -0.15) is 0 Å². The Balaban J connectivity index is 0.00000169. The van der Waals surface area contributed by atoms with Gasteiger partial charge in [-0.3, -0.25) is 4.79 Å². The van der Waals surface area contributed by atoms with E-state index in [2.05, 4.69) is 15.5 Å². The van der Waals surface area contributed by atoms with Gasteiger partial charge in [0.05, 0.1) is 6.04 Å². The summed E-state index contributed by atoms with van der Waals surface area (Å²) in [5.41, 5.74) is 0.830. The summed E-state index contributed by atoms with van der Waals surface area (Å²) in [5, 5.41) is 6.55. The Morgan fingerprint density at radius 2 is 1.88 bits per heavy atom. The van der Waals surface area contributed by atoms with Crippen molar-refractivity contribution in [2.75, 3.05) is 32.6 Å². The molecule has 0 bridgehead atoms. The molecule has 2 N–H and O–H groups in total. The van der Waals surface area contributed by atoms with Crippen molar-refractivity contribution in [2.24, 2.45) is 5.92 Å². The fraction of sp³-hybridized carbons (Fsp3) is 0.632. The van der Waals surface area contributed by atoms with E-state index in [0.29, 0.717) is 18.6 Å². The van der Waals surface area contributed by atoms with Crippen LogP contribution in [0, 0.1) is 5.92 Å². The summed E-state index contributed by atoms with van der Waals surface area (Å²) in [6.45, 7) is 1.54. The molecule has 1 heterocycles. The lowest BCUT2D eigenvalue weighted by Crippen LogP contribution is -2.39. The highest BCUT2D eigenvalue weighted by atomic mass is 35.5. The van der Waals surface area contributed by atoms with Gasteiger partial charge in [-0.15, -0.1) is 24.8 Å². The monoisotopic (exact) mass is 403 g/mol. The molecule has 1 aromatic rings. The zero-order chi connectivity index (χ0) is 16.9. The summed E-state index contributed by atoms with van der Waals surface area (Å²) in [6.07, 6.45) is 6.06. The van der Waals surface area contributed by atoms with Crippen LogP contribution in [-0.2, 0) is 4.79 Å². The average Bonchev–Trinajstić information content (AvgIpc) is 3.00. The number of benzene rings is 1. The number of fused-ring (bicyclic) bond motifs is 1. The maximum Gasteiger partial charge on any atom is 0.241 e. The molecule has 3 atom stereocenters. The largest absolute Gasteiger partial charge is 0.492 e. The van der Waals surface area contributed by atoms with Gasteiger partial charge in [0, 0.05) is 18.3 Å². The molecule has 26 heavy (non-hydrogen) atoms. The van der Waals surface area contributed by atoms with E-state index in [1.807, 2.05) is 38.4 Å². The molecule has 1 amide bonds. The number of ether oxygens (including phenoxy) is 1. The lowest BCUT2D eigenvalue weighted by molar-refractivity contribution is -0.117. The summed E-state index contributed by atoms with van der Waals surface area (Å²) in [4.78, 5) is 14.6. The van der Waals surface area contributed by atoms with Gasteiger partial charge in [-0.1, -0.05) is 12.8 Å². The van der Waals surface area contributed by atoms with E-state index in [1.165, 1.54) is 25.7 Å². The summed E-state index contributed by atoms with van der Waals surface area (Å²) < 4.78 is 5.67. The van der Waals surface area contributed by atoms with Crippen molar-refractivity contribution in [3.05, 3.63) is 24.3 Å². The van der Waals surface area contributed by atoms with E-state index in [0.717, 1.165) is 24.4 Å². The summed E-state index contributed by atoms with van der Waals surface area (Å²) in [7, 11) is 4.05. The first-order chi connectivity index (χ1) is 11.6. The highest BCUT2D eigenvalue weighted by Crippen LogP contribution is 2.33. The molecule has 1 aliphatic heterocycles. The molecule has 3 unspecified atom stereocenters. The molecule has 0 aromatic heterocycles. The minimum absolute atomic E-state index is 0. The topological polar surface area (TPSA) is 53.6 Å². The van der Waals surface area contributed by atoms with Crippen molar-refractivity contribution in [3.8, 4) is 5.75 Å². The molecule has 1 saturated carbocycles. The van der Waals surface area contributed by atoms with E-state index in [4.69, 9.17) is 4.74 Å². The summed E-state index contributed by atoms with van der Waals surface area (Å²) in [5.74, 6) is 1.60. The lowest BCUT2D eigenvalue weighted by atomic mass is 9.85. The number of halogens is 2. The highest BCUT2D eigenvalue weighted by Gasteiger charge is 2.38. The minimum Gasteiger partial charge on any atom is -0.492 e. The molecule has 148 valence electrons. The highest BCUT2D eigenvalue weighted by molar-refractivity contribution is 5.95. The first-order valence-electron chi connectivity index (χ1n) is 9.06. The molecule has 7 heteroatoms. The molecule has 2 fully saturated rings. The number of carbonyl (C=O) groups is 1. The Bertz CT molecular complexity index is 540. The number of hydrogen-bond acceptors (Lipinski definition) is 4. The molecule has 0 radical (unpaired) electrons. The molecule has 1 saturated heterocycles. The van der Waals surface area contributed by atoms with Crippen LogP contribution in [0.3, 0.4) is 0 Å². The molecular formula is C19H31Cl2N3O2. The number of nitrogens with one attached hydrogen (secondary N) is 2. The van der Waals surface area contributed by atoms with Gasteiger partial charge in [0.2, 0.25) is 5.91 Å². The van der Waals surface area contributed by atoms with Crippen molar-refractivity contribution in [2.45, 2.75) is 44.2 Å². The molecular weight excluding hydrogens is 373 g/mol. The second-order valence-corrected chi connectivity index (χ2v) is 7.27. The number of rotatable bonds is 6. The lowest BCUT2D eigenvalue weighted by Gasteiger charge is -2.24. The van der Waals surface area contributed by atoms with E-state index in [9.17, 15) is 4.79 Å². The van der Waals surface area contributed by atoms with Crippen LogP contribution in [0.1, 0.15) is 32.1 Å². The third-order valence-corrected chi connectivity index (χ3v) is 5.11. The number of likely N-dealkylation sites (N-methyl/N-ethyl adjacent to an activating group) is 1. The predicted molar refractivity (Wildman–Crippen MR) is 111 cm³/mol. The zero-order valence-electron chi connectivity index (χ0n) is 15.6. The number of anilines is 1. The SMILES string of the molecule is CN(C)CCOc1ccc(NC(=O)C2CC3CCCCC3N2)cc1.Cl.Cl. The maximum atomic E-state index is 12.5. The van der Waals surface area contributed by atoms with Crippen molar-refractivity contribution in [1.82, 2.24) is 10.2 Å². The van der Waals surface area contributed by atoms with Crippen molar-refractivity contribution < 1.29 is 9.53 Å². The van der Waals surface area contributed by atoms with Crippen LogP contribution in [0.5, 0.6) is 5.75 Å². The van der Waals surface area contributed by atoms with Gasteiger partial charge in [0.15, 0.2) is 0 Å². The number of amides is 1. The molecule has 0 spiro atoms.